The van der Waals surface area contributed by atoms with Gasteiger partial charge in [0.25, 0.3) is 0 Å². The number of cyclic esters (lactones) is 1. The van der Waals surface area contributed by atoms with E-state index in [0.717, 1.165) is 0 Å². The van der Waals surface area contributed by atoms with E-state index in [1.54, 1.807) is 61.5 Å². The first-order valence-corrected chi connectivity index (χ1v) is 30.0. The molecule has 0 radical (unpaired) electrons. The van der Waals surface area contributed by atoms with Crippen molar-refractivity contribution in [2.75, 3.05) is 40.8 Å². The van der Waals surface area contributed by atoms with Gasteiger partial charge in [-0.25, -0.2) is 4.39 Å². The first-order chi connectivity index (χ1) is 37.1. The minimum Gasteiger partial charge on any atom is -0.459 e. The van der Waals surface area contributed by atoms with E-state index in [9.17, 15) is 45.0 Å². The molecule has 458 valence electrons. The van der Waals surface area contributed by atoms with E-state index in [1.807, 2.05) is 57.7 Å². The summed E-state index contributed by atoms with van der Waals surface area (Å²) in [4.78, 5) is 45.6. The summed E-state index contributed by atoms with van der Waals surface area (Å²) in [5, 5.41) is 75.9. The zero-order chi connectivity index (χ0) is 59.6. The molecule has 0 aromatic carbocycles. The van der Waals surface area contributed by atoms with Crippen LogP contribution < -0.4 is 5.32 Å². The van der Waals surface area contributed by atoms with Gasteiger partial charge < -0.3 is 69.3 Å². The molecule has 7 aliphatic rings. The molecular weight excluding hydrogens is 1030 g/mol. The topological polar surface area (TPSA) is 246 Å². The number of methoxy groups -OCH3 is 1. The Kier molecular flexibility index (Phi) is 19.9. The fourth-order valence-electron chi connectivity index (χ4n) is 16.5. The zero-order valence-corrected chi connectivity index (χ0v) is 50.9. The molecule has 80 heavy (non-hydrogen) atoms. The SMILES string of the molecule is CC[C@H]1OC(=O)[C@H](C)C(O[C@@H]2C[C@](C)(OC)[C@H](O)C(C)O2)[C@H](C)C(O[C@@H]2O[C@H](C)C[C@@H](N(C)C)[C@H]2O)[C@](C)(O)C[C@@H](C)CN(CCCNC(=O)[C@H]2[C@H](C)CC3C4CC=C5CC(=O)C=C[C@]5(C)[C@@]4(F)[C@@H](O)C[C@@]32C)[C@H](C)[C@@H](O)[C@]1(C)O. The molecule has 3 aliphatic heterocycles. The van der Waals surface area contributed by atoms with Gasteiger partial charge in [-0.2, -0.15) is 0 Å². The number of carbonyl (C=O) groups is 3. The molecule has 0 aromatic heterocycles. The van der Waals surface area contributed by atoms with Gasteiger partial charge in [-0.1, -0.05) is 52.3 Å². The Balaban J connectivity index is 1.15. The largest absolute Gasteiger partial charge is 0.459 e. The summed E-state index contributed by atoms with van der Waals surface area (Å²) in [6.45, 7) is 24.1. The minimum absolute atomic E-state index is 0.0777. The highest BCUT2D eigenvalue weighted by Gasteiger charge is 2.71. The number of hydrogen-bond acceptors (Lipinski definition) is 17. The number of nitrogens with one attached hydrogen (secondary N) is 1. The molecule has 19 heteroatoms. The number of allylic oxidation sites excluding steroid dienone is 4. The average molecular weight is 1140 g/mol. The number of esters is 1. The molecule has 7 N–H and O–H groups in total. The van der Waals surface area contributed by atoms with E-state index in [4.69, 9.17) is 28.4 Å². The van der Waals surface area contributed by atoms with Gasteiger partial charge >= 0.3 is 5.97 Å². The predicted molar refractivity (Wildman–Crippen MR) is 297 cm³/mol. The van der Waals surface area contributed by atoms with Gasteiger partial charge in [0.15, 0.2) is 24.0 Å². The number of aliphatic hydroxyl groups excluding tert-OH is 4. The predicted octanol–water partition coefficient (Wildman–Crippen LogP) is 5.01. The van der Waals surface area contributed by atoms with Crippen molar-refractivity contribution in [3.05, 3.63) is 23.8 Å². The molecule has 4 aliphatic carbocycles. The molecule has 0 spiro atoms. The third kappa shape index (κ3) is 12.0. The highest BCUT2D eigenvalue weighted by Crippen LogP contribution is 2.69. The van der Waals surface area contributed by atoms with E-state index in [0.29, 0.717) is 44.3 Å². The number of ketones is 1. The number of rotatable bonds is 12. The number of likely N-dealkylation sites (N-methyl/N-ethyl adjacent to an activating group) is 1. The van der Waals surface area contributed by atoms with Crippen molar-refractivity contribution in [1.82, 2.24) is 15.1 Å². The van der Waals surface area contributed by atoms with Crippen LogP contribution in [-0.2, 0) is 42.8 Å². The van der Waals surface area contributed by atoms with Gasteiger partial charge in [-0.05, 0) is 144 Å². The van der Waals surface area contributed by atoms with Crippen molar-refractivity contribution in [2.24, 2.45) is 52.3 Å². The number of halogens is 1. The smallest absolute Gasteiger partial charge is 0.311 e. The summed E-state index contributed by atoms with van der Waals surface area (Å²) < 4.78 is 56.2. The summed E-state index contributed by atoms with van der Waals surface area (Å²) in [6.07, 6.45) is -4.12. The third-order valence-corrected chi connectivity index (χ3v) is 21.2. The molecular formula is C61H102FN3O15. The van der Waals surface area contributed by atoms with Crippen LogP contribution in [0.25, 0.3) is 0 Å². The van der Waals surface area contributed by atoms with Crippen molar-refractivity contribution in [2.45, 2.75) is 250 Å². The Morgan fingerprint density at radius 2 is 1.59 bits per heavy atom. The number of fused-ring (bicyclic) bond motifs is 5. The lowest BCUT2D eigenvalue weighted by atomic mass is 9.46. The van der Waals surface area contributed by atoms with Crippen molar-refractivity contribution >= 4 is 17.7 Å². The summed E-state index contributed by atoms with van der Waals surface area (Å²) in [6, 6.07) is -1.10. The van der Waals surface area contributed by atoms with Crippen LogP contribution in [0.4, 0.5) is 4.39 Å². The van der Waals surface area contributed by atoms with Gasteiger partial charge in [0.05, 0.1) is 47.6 Å². The number of aliphatic hydroxyl groups is 6. The second kappa shape index (κ2) is 24.5. The van der Waals surface area contributed by atoms with Gasteiger partial charge in [-0.3, -0.25) is 19.3 Å². The number of alkyl halides is 1. The Hall–Kier alpha value is -2.50. The Morgan fingerprint density at radius 1 is 0.912 bits per heavy atom. The Morgan fingerprint density at radius 3 is 2.23 bits per heavy atom. The van der Waals surface area contributed by atoms with Crippen LogP contribution in [-0.4, -0.2) is 201 Å². The molecule has 3 saturated heterocycles. The molecule has 1 amide bonds. The lowest BCUT2D eigenvalue weighted by Gasteiger charge is -2.61. The fraction of sp³-hybridized carbons (Fsp3) is 0.885. The summed E-state index contributed by atoms with van der Waals surface area (Å²) in [5.41, 5.74) is -7.88. The van der Waals surface area contributed by atoms with Crippen molar-refractivity contribution in [3.8, 4) is 0 Å². The Labute approximate surface area is 475 Å². The molecule has 3 heterocycles. The number of nitrogens with zero attached hydrogens (tertiary/aromatic N) is 2. The highest BCUT2D eigenvalue weighted by molar-refractivity contribution is 5.93. The van der Waals surface area contributed by atoms with Crippen LogP contribution >= 0.6 is 0 Å². The lowest BCUT2D eigenvalue weighted by molar-refractivity contribution is -0.318. The fourth-order valence-corrected chi connectivity index (χ4v) is 16.5. The maximum absolute atomic E-state index is 17.9. The van der Waals surface area contributed by atoms with Crippen LogP contribution in [0, 0.1) is 52.3 Å². The van der Waals surface area contributed by atoms with E-state index in [1.165, 1.54) is 20.1 Å². The summed E-state index contributed by atoms with van der Waals surface area (Å²) in [7, 11) is 5.23. The monoisotopic (exact) mass is 1140 g/mol. The summed E-state index contributed by atoms with van der Waals surface area (Å²) in [5.74, 6) is -4.62. The average Bonchev–Trinajstić information content (AvgIpc) is 3.64. The third-order valence-electron chi connectivity index (χ3n) is 21.2. The van der Waals surface area contributed by atoms with Gasteiger partial charge in [-0.15, -0.1) is 0 Å². The van der Waals surface area contributed by atoms with Crippen LogP contribution in [0.5, 0.6) is 0 Å². The lowest BCUT2D eigenvalue weighted by Crippen LogP contribution is -2.66. The Bertz CT molecular complexity index is 2250. The first kappa shape index (κ1) is 65.1. The summed E-state index contributed by atoms with van der Waals surface area (Å²) >= 11 is 0. The van der Waals surface area contributed by atoms with Crippen LogP contribution in [0.2, 0.25) is 0 Å². The maximum atomic E-state index is 17.9. The first-order valence-electron chi connectivity index (χ1n) is 30.0. The van der Waals surface area contributed by atoms with Crippen LogP contribution in [0.3, 0.4) is 0 Å². The van der Waals surface area contributed by atoms with Crippen LogP contribution in [0.1, 0.15) is 148 Å². The molecule has 0 aromatic rings. The van der Waals surface area contributed by atoms with E-state index < -0.39 is 130 Å². The number of carbonyl (C=O) groups excluding carboxylic acids is 3. The van der Waals surface area contributed by atoms with Gasteiger partial charge in [0, 0.05) is 74.8 Å². The number of amides is 1. The van der Waals surface area contributed by atoms with Gasteiger partial charge in [0.2, 0.25) is 5.91 Å². The number of hydrogen-bond donors (Lipinski definition) is 7. The van der Waals surface area contributed by atoms with E-state index >= 15 is 4.39 Å². The van der Waals surface area contributed by atoms with Crippen molar-refractivity contribution in [3.63, 3.8) is 0 Å². The second-order valence-electron chi connectivity index (χ2n) is 27.4. The molecule has 26 atom stereocenters. The zero-order valence-electron chi connectivity index (χ0n) is 50.9. The molecule has 18 nitrogen and oxygen atoms in total. The van der Waals surface area contributed by atoms with E-state index in [-0.39, 0.29) is 80.2 Å². The standard InChI is InChI=1S/C61H102FN3O15/c1-17-45-60(13,74)50(69)37(7)65(24-18-23-63-53(71)47-33(3)25-42-41-20-19-39-27-40(66)21-22-57(39,10)61(41,62)44(67)29-56(42,47)9)31-32(2)28-58(11,73)52(80-55-48(68)43(64(14)15)26-34(4)76-55)35(5)49(36(6)54(72)78-45)79-46-30-59(12,75-16)51(70)38(8)77-46/h19,21-22,32-38,41-52,55,67-70,73-74H,17-18,20,23-31H2,1-16H3,(H,63,71)/t32-,33-,34-,35+,36-,37-,38?,41?,42?,43-,44+,45-,46-,47-,48-,49?,50-,51-,52?,55+,56+,57+,58-,59+,60-,61+/m1/s1. The second-order valence-corrected chi connectivity index (χ2v) is 27.4. The molecule has 5 fully saturated rings. The van der Waals surface area contributed by atoms with Crippen molar-refractivity contribution < 1.29 is 77.8 Å². The molecule has 5 unspecified atom stereocenters. The molecule has 2 saturated carbocycles. The van der Waals surface area contributed by atoms with Crippen LogP contribution in [0.15, 0.2) is 23.8 Å². The normalized spacial score (nSPS) is 49.9. The quantitative estimate of drug-likeness (QED) is 0.0771. The molecule has 7 rings (SSSR count). The van der Waals surface area contributed by atoms with E-state index in [2.05, 4.69) is 5.32 Å². The van der Waals surface area contributed by atoms with Crippen molar-refractivity contribution in [1.29, 1.82) is 0 Å². The molecule has 0 bridgehead atoms. The van der Waals surface area contributed by atoms with Gasteiger partial charge in [0.1, 0.15) is 30.0 Å². The highest BCUT2D eigenvalue weighted by atomic mass is 19.1. The maximum Gasteiger partial charge on any atom is 0.311 e. The minimum atomic E-state index is -2.00. The number of ether oxygens (including phenoxy) is 6.